The number of nitrogens with one attached hydrogen (secondary N) is 1. The standard InChI is InChI=1S/C29H39N5O4/c1-8-37-27(35)23-18-24-22(20-9-13-30-25(17-20)32(6)7)12-16-34(24)26(19(23)2)31-21-10-14-33(15-11-21)28(36)38-29(3,4)5/h9,12-13,16-18,21,31H,8,10-11,14-15H2,1-7H3. The highest BCUT2D eigenvalue weighted by Gasteiger charge is 2.28. The van der Waals surface area contributed by atoms with Gasteiger partial charge in [-0.05, 0) is 77.3 Å². The summed E-state index contributed by atoms with van der Waals surface area (Å²) in [6, 6.07) is 8.13. The van der Waals surface area contributed by atoms with Crippen molar-refractivity contribution in [3.63, 3.8) is 0 Å². The van der Waals surface area contributed by atoms with E-state index in [4.69, 9.17) is 9.47 Å². The van der Waals surface area contributed by atoms with Crippen LogP contribution in [0.25, 0.3) is 16.6 Å². The summed E-state index contributed by atoms with van der Waals surface area (Å²) in [5.41, 5.74) is 3.77. The van der Waals surface area contributed by atoms with E-state index < -0.39 is 5.60 Å². The molecule has 3 aromatic rings. The van der Waals surface area contributed by atoms with Crippen LogP contribution in [0.1, 0.15) is 56.5 Å². The SMILES string of the molecule is CCOC(=O)c1cc2c(-c3ccnc(N(C)C)c3)ccn2c(NC2CCN(C(=O)OC(C)(C)C)CC2)c1C. The lowest BCUT2D eigenvalue weighted by molar-refractivity contribution is 0.0210. The molecule has 38 heavy (non-hydrogen) atoms. The Hall–Kier alpha value is -3.75. The third-order valence-corrected chi connectivity index (χ3v) is 6.70. The first-order valence-electron chi connectivity index (χ1n) is 13.2. The summed E-state index contributed by atoms with van der Waals surface area (Å²) < 4.78 is 13.0. The number of nitrogens with zero attached hydrogens (tertiary/aromatic N) is 4. The fourth-order valence-corrected chi connectivity index (χ4v) is 4.74. The van der Waals surface area contributed by atoms with Gasteiger partial charge in [0.15, 0.2) is 0 Å². The second-order valence-corrected chi connectivity index (χ2v) is 10.9. The van der Waals surface area contributed by atoms with Crippen molar-refractivity contribution in [1.82, 2.24) is 14.3 Å². The molecule has 1 aliphatic heterocycles. The van der Waals surface area contributed by atoms with Crippen LogP contribution in [0.3, 0.4) is 0 Å². The Balaban J connectivity index is 1.67. The van der Waals surface area contributed by atoms with Crippen LogP contribution in [0.2, 0.25) is 0 Å². The molecule has 9 nitrogen and oxygen atoms in total. The number of anilines is 2. The summed E-state index contributed by atoms with van der Waals surface area (Å²) >= 11 is 0. The first-order chi connectivity index (χ1) is 18.0. The Bertz CT molecular complexity index is 1320. The van der Waals surface area contributed by atoms with Crippen molar-refractivity contribution in [2.75, 3.05) is 44.0 Å². The van der Waals surface area contributed by atoms with Crippen LogP contribution < -0.4 is 10.2 Å². The van der Waals surface area contributed by atoms with Gasteiger partial charge < -0.3 is 29.0 Å². The van der Waals surface area contributed by atoms with Crippen molar-refractivity contribution in [1.29, 1.82) is 0 Å². The second-order valence-electron chi connectivity index (χ2n) is 10.9. The van der Waals surface area contributed by atoms with Gasteiger partial charge in [0.2, 0.25) is 0 Å². The summed E-state index contributed by atoms with van der Waals surface area (Å²) in [6.45, 7) is 10.9. The average Bonchev–Trinajstić information content (AvgIpc) is 3.29. The van der Waals surface area contributed by atoms with Gasteiger partial charge >= 0.3 is 12.1 Å². The highest BCUT2D eigenvalue weighted by Crippen LogP contribution is 2.34. The third kappa shape index (κ3) is 5.87. The van der Waals surface area contributed by atoms with E-state index in [0.29, 0.717) is 25.3 Å². The first-order valence-corrected chi connectivity index (χ1v) is 13.2. The Labute approximate surface area is 224 Å². The van der Waals surface area contributed by atoms with Crippen molar-refractivity contribution in [3.8, 4) is 11.1 Å². The van der Waals surface area contributed by atoms with Gasteiger partial charge in [-0.1, -0.05) is 0 Å². The molecule has 0 spiro atoms. The minimum absolute atomic E-state index is 0.139. The largest absolute Gasteiger partial charge is 0.462 e. The molecule has 0 saturated carbocycles. The molecular weight excluding hydrogens is 482 g/mol. The van der Waals surface area contributed by atoms with Gasteiger partial charge in [-0.2, -0.15) is 0 Å². The maximum absolute atomic E-state index is 13.0. The number of esters is 1. The van der Waals surface area contributed by atoms with E-state index in [1.165, 1.54) is 0 Å². The molecule has 1 amide bonds. The van der Waals surface area contributed by atoms with Crippen LogP contribution >= 0.6 is 0 Å². The van der Waals surface area contributed by atoms with E-state index in [0.717, 1.165) is 46.7 Å². The van der Waals surface area contributed by atoms with E-state index in [9.17, 15) is 9.59 Å². The lowest BCUT2D eigenvalue weighted by atomic mass is 10.0. The predicted octanol–water partition coefficient (Wildman–Crippen LogP) is 5.36. The minimum Gasteiger partial charge on any atom is -0.462 e. The van der Waals surface area contributed by atoms with Crippen molar-refractivity contribution < 1.29 is 19.1 Å². The Morgan fingerprint density at radius 3 is 2.50 bits per heavy atom. The van der Waals surface area contributed by atoms with E-state index in [2.05, 4.69) is 20.8 Å². The Morgan fingerprint density at radius 1 is 1.16 bits per heavy atom. The number of ether oxygens (including phenoxy) is 2. The van der Waals surface area contributed by atoms with Crippen molar-refractivity contribution >= 4 is 29.2 Å². The summed E-state index contributed by atoms with van der Waals surface area (Å²) in [6.07, 6.45) is 5.10. The van der Waals surface area contributed by atoms with Gasteiger partial charge in [-0.25, -0.2) is 14.6 Å². The smallest absolute Gasteiger partial charge is 0.410 e. The molecule has 0 unspecified atom stereocenters. The quantitative estimate of drug-likeness (QED) is 0.437. The molecular formula is C29H39N5O4. The molecule has 0 aromatic carbocycles. The third-order valence-electron chi connectivity index (χ3n) is 6.70. The van der Waals surface area contributed by atoms with E-state index in [1.807, 2.05) is 78.0 Å². The number of pyridine rings is 2. The maximum Gasteiger partial charge on any atom is 0.410 e. The van der Waals surface area contributed by atoms with Crippen LogP contribution in [0.4, 0.5) is 16.4 Å². The van der Waals surface area contributed by atoms with Gasteiger partial charge in [0, 0.05) is 56.7 Å². The number of aromatic nitrogens is 2. The number of carbonyl (C=O) groups excluding carboxylic acids is 2. The van der Waals surface area contributed by atoms with Crippen LogP contribution in [-0.4, -0.2) is 71.8 Å². The van der Waals surface area contributed by atoms with Gasteiger partial charge in [-0.15, -0.1) is 0 Å². The van der Waals surface area contributed by atoms with Gasteiger partial charge in [0.25, 0.3) is 0 Å². The molecule has 204 valence electrons. The number of amides is 1. The zero-order valence-corrected chi connectivity index (χ0v) is 23.5. The summed E-state index contributed by atoms with van der Waals surface area (Å²) in [4.78, 5) is 33.6. The van der Waals surface area contributed by atoms with Crippen molar-refractivity contribution in [3.05, 3.63) is 47.8 Å². The molecule has 0 radical (unpaired) electrons. The van der Waals surface area contributed by atoms with Crippen LogP contribution in [0.5, 0.6) is 0 Å². The normalized spacial score (nSPS) is 14.4. The molecule has 0 aliphatic carbocycles. The van der Waals surface area contributed by atoms with Gasteiger partial charge in [0.1, 0.15) is 17.2 Å². The second kappa shape index (κ2) is 10.9. The molecule has 3 aromatic heterocycles. The van der Waals surface area contributed by atoms with E-state index in [-0.39, 0.29) is 18.1 Å². The summed E-state index contributed by atoms with van der Waals surface area (Å²) in [5.74, 6) is 1.37. The first kappa shape index (κ1) is 27.3. The Morgan fingerprint density at radius 2 is 1.87 bits per heavy atom. The van der Waals surface area contributed by atoms with Gasteiger partial charge in [0.05, 0.1) is 17.7 Å². The van der Waals surface area contributed by atoms with Crippen LogP contribution in [0, 0.1) is 6.92 Å². The number of piperidine rings is 1. The highest BCUT2D eigenvalue weighted by atomic mass is 16.6. The number of fused-ring (bicyclic) bond motifs is 1. The molecule has 0 bridgehead atoms. The van der Waals surface area contributed by atoms with Crippen LogP contribution in [-0.2, 0) is 9.47 Å². The molecule has 0 atom stereocenters. The summed E-state index contributed by atoms with van der Waals surface area (Å²) in [5, 5.41) is 3.69. The fraction of sp³-hybridized carbons (Fsp3) is 0.483. The fourth-order valence-electron chi connectivity index (χ4n) is 4.74. The number of rotatable bonds is 6. The lowest BCUT2D eigenvalue weighted by Gasteiger charge is -2.34. The monoisotopic (exact) mass is 521 g/mol. The van der Waals surface area contributed by atoms with Crippen molar-refractivity contribution in [2.24, 2.45) is 0 Å². The molecule has 4 rings (SSSR count). The molecule has 4 heterocycles. The van der Waals surface area contributed by atoms with Gasteiger partial charge in [-0.3, -0.25) is 0 Å². The predicted molar refractivity (Wildman–Crippen MR) is 150 cm³/mol. The number of hydrogen-bond acceptors (Lipinski definition) is 7. The Kier molecular flexibility index (Phi) is 7.85. The lowest BCUT2D eigenvalue weighted by Crippen LogP contribution is -2.44. The zero-order chi connectivity index (χ0) is 27.6. The average molecular weight is 522 g/mol. The molecule has 1 aliphatic rings. The topological polar surface area (TPSA) is 88.4 Å². The number of likely N-dealkylation sites (tertiary alicyclic amines) is 1. The minimum atomic E-state index is -0.517. The van der Waals surface area contributed by atoms with E-state index >= 15 is 0 Å². The molecule has 1 saturated heterocycles. The molecule has 1 fully saturated rings. The van der Waals surface area contributed by atoms with E-state index in [1.54, 1.807) is 11.1 Å². The van der Waals surface area contributed by atoms with Crippen molar-refractivity contribution in [2.45, 2.75) is 59.1 Å². The number of hydrogen-bond donors (Lipinski definition) is 1. The zero-order valence-electron chi connectivity index (χ0n) is 23.5. The maximum atomic E-state index is 13.0. The number of carbonyl (C=O) groups is 2. The summed E-state index contributed by atoms with van der Waals surface area (Å²) in [7, 11) is 3.92. The molecule has 9 heteroatoms. The highest BCUT2D eigenvalue weighted by molar-refractivity contribution is 5.96. The molecule has 1 N–H and O–H groups in total. The van der Waals surface area contributed by atoms with Crippen LogP contribution in [0.15, 0.2) is 36.7 Å².